The van der Waals surface area contributed by atoms with E-state index in [0.29, 0.717) is 5.78 Å². The lowest BCUT2D eigenvalue weighted by molar-refractivity contribution is -0.125. The number of rotatable bonds is 10. The van der Waals surface area contributed by atoms with Gasteiger partial charge in [-0.15, -0.1) is 0 Å². The maximum absolute atomic E-state index is 12.3. The van der Waals surface area contributed by atoms with Crippen LogP contribution >= 0.6 is 0 Å². The van der Waals surface area contributed by atoms with Crippen LogP contribution < -0.4 is 0 Å². The van der Waals surface area contributed by atoms with Crippen LogP contribution in [0.2, 0.25) is 0 Å². The summed E-state index contributed by atoms with van der Waals surface area (Å²) in [5.41, 5.74) is 0. The topological polar surface area (TPSA) is 23.6 Å². The second kappa shape index (κ2) is 10.3. The number of piperazine rings is 1. The van der Waals surface area contributed by atoms with Crippen molar-refractivity contribution in [1.82, 2.24) is 9.80 Å². The highest BCUT2D eigenvalue weighted by Gasteiger charge is 2.27. The van der Waals surface area contributed by atoms with E-state index in [0.717, 1.165) is 32.5 Å². The van der Waals surface area contributed by atoms with Gasteiger partial charge in [0.15, 0.2) is 5.78 Å². The zero-order valence-corrected chi connectivity index (χ0v) is 13.9. The molecule has 1 rings (SSSR count). The number of hydrogen-bond donors (Lipinski definition) is 0. The summed E-state index contributed by atoms with van der Waals surface area (Å²) in [6, 6.07) is 0.137. The molecule has 3 heteroatoms. The van der Waals surface area contributed by atoms with Crippen LogP contribution in [0.3, 0.4) is 0 Å². The summed E-state index contributed by atoms with van der Waals surface area (Å²) in [7, 11) is 4.20. The van der Waals surface area contributed by atoms with Crippen LogP contribution in [0.25, 0.3) is 0 Å². The first-order valence-electron chi connectivity index (χ1n) is 8.56. The lowest BCUT2D eigenvalue weighted by atomic mass is 10.0. The Bertz CT molecular complexity index is 268. The summed E-state index contributed by atoms with van der Waals surface area (Å²) < 4.78 is 0. The Hall–Kier alpha value is -0.410. The molecule has 1 unspecified atom stereocenters. The van der Waals surface area contributed by atoms with Gasteiger partial charge >= 0.3 is 0 Å². The number of ketones is 1. The minimum Gasteiger partial charge on any atom is -0.303 e. The number of nitrogens with zero attached hydrogens (tertiary/aromatic N) is 2. The third-order valence-electron chi connectivity index (χ3n) is 4.50. The van der Waals surface area contributed by atoms with Gasteiger partial charge in [0.25, 0.3) is 0 Å². The smallest absolute Gasteiger partial charge is 0.151 e. The molecule has 0 bridgehead atoms. The van der Waals surface area contributed by atoms with E-state index in [2.05, 4.69) is 30.8 Å². The van der Waals surface area contributed by atoms with Gasteiger partial charge in [0.2, 0.25) is 0 Å². The highest BCUT2D eigenvalue weighted by Crippen LogP contribution is 2.13. The van der Waals surface area contributed by atoms with E-state index in [4.69, 9.17) is 0 Å². The van der Waals surface area contributed by atoms with Gasteiger partial charge in [0.05, 0.1) is 6.04 Å². The van der Waals surface area contributed by atoms with Crippen molar-refractivity contribution < 1.29 is 4.79 Å². The summed E-state index contributed by atoms with van der Waals surface area (Å²) in [5.74, 6) is 0.449. The molecule has 0 aliphatic carbocycles. The van der Waals surface area contributed by atoms with E-state index in [1.54, 1.807) is 0 Å². The second-order valence-electron chi connectivity index (χ2n) is 6.45. The molecule has 20 heavy (non-hydrogen) atoms. The normalized spacial score (nSPS) is 21.2. The fourth-order valence-corrected chi connectivity index (χ4v) is 2.96. The molecule has 0 saturated carbocycles. The van der Waals surface area contributed by atoms with Gasteiger partial charge in [0.1, 0.15) is 0 Å². The first kappa shape index (κ1) is 17.6. The van der Waals surface area contributed by atoms with Crippen molar-refractivity contribution in [2.45, 2.75) is 70.8 Å². The molecule has 0 aromatic heterocycles. The maximum Gasteiger partial charge on any atom is 0.151 e. The Morgan fingerprint density at radius 3 is 2.20 bits per heavy atom. The Morgan fingerprint density at radius 2 is 1.55 bits per heavy atom. The summed E-state index contributed by atoms with van der Waals surface area (Å²) in [6.07, 6.45) is 11.2. The Kier molecular flexibility index (Phi) is 9.12. The van der Waals surface area contributed by atoms with Crippen molar-refractivity contribution in [2.75, 3.05) is 33.7 Å². The van der Waals surface area contributed by atoms with Gasteiger partial charge < -0.3 is 4.90 Å². The number of likely N-dealkylation sites (N-methyl/N-ethyl adjacent to an activating group) is 2. The van der Waals surface area contributed by atoms with Crippen LogP contribution in [0.15, 0.2) is 0 Å². The largest absolute Gasteiger partial charge is 0.303 e. The summed E-state index contributed by atoms with van der Waals surface area (Å²) >= 11 is 0. The van der Waals surface area contributed by atoms with Gasteiger partial charge in [-0.25, -0.2) is 0 Å². The molecule has 0 aromatic rings. The van der Waals surface area contributed by atoms with E-state index < -0.39 is 0 Å². The van der Waals surface area contributed by atoms with Gasteiger partial charge in [-0.05, 0) is 20.5 Å². The number of carbonyl (C=O) groups is 1. The molecule has 0 radical (unpaired) electrons. The number of Topliss-reactive ketones (excluding diaryl/α,β-unsaturated/α-hetero) is 1. The minimum atomic E-state index is 0.137. The quantitative estimate of drug-likeness (QED) is 0.574. The van der Waals surface area contributed by atoms with Gasteiger partial charge in [-0.3, -0.25) is 9.69 Å². The molecule has 1 saturated heterocycles. The van der Waals surface area contributed by atoms with Crippen molar-refractivity contribution in [3.05, 3.63) is 0 Å². The van der Waals surface area contributed by atoms with Crippen LogP contribution in [0.1, 0.15) is 64.7 Å². The molecule has 1 heterocycles. The Morgan fingerprint density at radius 1 is 0.950 bits per heavy atom. The van der Waals surface area contributed by atoms with Crippen molar-refractivity contribution >= 4 is 5.78 Å². The molecule has 0 spiro atoms. The van der Waals surface area contributed by atoms with Crippen molar-refractivity contribution in [2.24, 2.45) is 0 Å². The van der Waals surface area contributed by atoms with E-state index in [-0.39, 0.29) is 6.04 Å². The van der Waals surface area contributed by atoms with E-state index in [1.807, 2.05) is 0 Å². The molecule has 0 amide bonds. The number of carbonyl (C=O) groups excluding carboxylic acids is 1. The van der Waals surface area contributed by atoms with Crippen LogP contribution in [0, 0.1) is 0 Å². The lowest BCUT2D eigenvalue weighted by Gasteiger charge is -2.36. The molecule has 3 nitrogen and oxygen atoms in total. The maximum atomic E-state index is 12.3. The van der Waals surface area contributed by atoms with Gasteiger partial charge in [-0.2, -0.15) is 0 Å². The van der Waals surface area contributed by atoms with Gasteiger partial charge in [0, 0.05) is 26.1 Å². The van der Waals surface area contributed by atoms with Crippen molar-refractivity contribution in [1.29, 1.82) is 0 Å². The fraction of sp³-hybridized carbons (Fsp3) is 0.941. The van der Waals surface area contributed by atoms with Gasteiger partial charge in [-0.1, -0.05) is 51.9 Å². The Balaban J connectivity index is 2.04. The van der Waals surface area contributed by atoms with E-state index in [9.17, 15) is 4.79 Å². The number of unbranched alkanes of at least 4 members (excludes halogenated alkanes) is 7. The SMILES string of the molecule is CCCCCCCCCCC(=O)C1CN(C)CCN1C. The van der Waals surface area contributed by atoms with E-state index >= 15 is 0 Å². The minimum absolute atomic E-state index is 0.137. The molecule has 0 N–H and O–H groups in total. The highest BCUT2D eigenvalue weighted by atomic mass is 16.1. The van der Waals surface area contributed by atoms with Crippen LogP contribution in [0.5, 0.6) is 0 Å². The monoisotopic (exact) mass is 282 g/mol. The van der Waals surface area contributed by atoms with Crippen LogP contribution in [-0.2, 0) is 4.79 Å². The average Bonchev–Trinajstić information content (AvgIpc) is 2.44. The third kappa shape index (κ3) is 6.85. The average molecular weight is 282 g/mol. The first-order valence-corrected chi connectivity index (χ1v) is 8.56. The number of hydrogen-bond acceptors (Lipinski definition) is 3. The van der Waals surface area contributed by atoms with E-state index in [1.165, 1.54) is 44.9 Å². The zero-order valence-electron chi connectivity index (χ0n) is 13.9. The lowest BCUT2D eigenvalue weighted by Crippen LogP contribution is -2.53. The van der Waals surface area contributed by atoms with Crippen LogP contribution in [0.4, 0.5) is 0 Å². The predicted octanol–water partition coefficient (Wildman–Crippen LogP) is 3.33. The van der Waals surface area contributed by atoms with Crippen LogP contribution in [-0.4, -0.2) is 55.4 Å². The zero-order chi connectivity index (χ0) is 14.8. The summed E-state index contributed by atoms with van der Waals surface area (Å²) in [4.78, 5) is 16.8. The second-order valence-corrected chi connectivity index (χ2v) is 6.45. The molecule has 0 aromatic carbocycles. The fourth-order valence-electron chi connectivity index (χ4n) is 2.96. The highest BCUT2D eigenvalue weighted by molar-refractivity contribution is 5.84. The molecular formula is C17H34N2O. The first-order chi connectivity index (χ1) is 9.65. The molecule has 1 atom stereocenters. The summed E-state index contributed by atoms with van der Waals surface area (Å²) in [5, 5.41) is 0. The molecule has 1 aliphatic rings. The predicted molar refractivity (Wildman–Crippen MR) is 86.1 cm³/mol. The van der Waals surface area contributed by atoms with Crippen molar-refractivity contribution in [3.8, 4) is 0 Å². The summed E-state index contributed by atoms with van der Waals surface area (Å²) in [6.45, 7) is 5.26. The molecular weight excluding hydrogens is 248 g/mol. The molecule has 1 fully saturated rings. The standard InChI is InChI=1S/C17H34N2O/c1-4-5-6-7-8-9-10-11-12-17(20)16-15-18(2)13-14-19(16)3/h16H,4-15H2,1-3H3. The molecule has 118 valence electrons. The Labute approximate surface area is 125 Å². The van der Waals surface area contributed by atoms with Crippen molar-refractivity contribution in [3.63, 3.8) is 0 Å². The third-order valence-corrected chi connectivity index (χ3v) is 4.50. The molecule has 1 aliphatic heterocycles.